The Morgan fingerprint density at radius 3 is 1.73 bits per heavy atom. The molecule has 0 aromatic rings. The van der Waals surface area contributed by atoms with Crippen molar-refractivity contribution in [1.29, 1.82) is 0 Å². The van der Waals surface area contributed by atoms with E-state index in [-0.39, 0.29) is 0 Å². The van der Waals surface area contributed by atoms with E-state index in [4.69, 9.17) is 0 Å². The molecule has 0 spiro atoms. The normalized spacial score (nSPS) is 16.0. The number of rotatable bonds is 9. The molecule has 0 saturated carbocycles. The predicted octanol–water partition coefficient (Wildman–Crippen LogP) is 5.36. The summed E-state index contributed by atoms with van der Waals surface area (Å²) in [7, 11) is 0. The van der Waals surface area contributed by atoms with Crippen molar-refractivity contribution >= 4 is 0 Å². The van der Waals surface area contributed by atoms with Crippen molar-refractivity contribution in [2.24, 2.45) is 17.8 Å². The van der Waals surface area contributed by atoms with Crippen LogP contribution in [0.4, 0.5) is 0 Å². The second kappa shape index (κ2) is 11.0. The first kappa shape index (κ1) is 23.7. The van der Waals surface area contributed by atoms with Crippen molar-refractivity contribution in [2.75, 3.05) is 0 Å². The molecule has 3 atom stereocenters. The summed E-state index contributed by atoms with van der Waals surface area (Å²) in [6.45, 7) is 21.3. The molecular weight excluding hydrogens is 272 g/mol. The van der Waals surface area contributed by atoms with E-state index in [1.807, 2.05) is 39.8 Å². The Hall–Kier alpha value is -0.600. The van der Waals surface area contributed by atoms with E-state index < -0.39 is 11.2 Å². The van der Waals surface area contributed by atoms with Crippen molar-refractivity contribution in [3.8, 4) is 0 Å². The maximum absolute atomic E-state index is 9.50. The topological polar surface area (TPSA) is 40.5 Å². The quantitative estimate of drug-likeness (QED) is 0.563. The average molecular weight is 313 g/mol. The summed E-state index contributed by atoms with van der Waals surface area (Å²) in [4.78, 5) is 0. The molecule has 0 aliphatic rings. The largest absolute Gasteiger partial charge is 0.390 e. The van der Waals surface area contributed by atoms with Crippen molar-refractivity contribution in [1.82, 2.24) is 0 Å². The molecule has 2 N–H and O–H groups in total. The molecule has 22 heavy (non-hydrogen) atoms. The first-order valence-electron chi connectivity index (χ1n) is 8.52. The third-order valence-electron chi connectivity index (χ3n) is 3.94. The molecule has 0 radical (unpaired) electrons. The maximum atomic E-state index is 9.50. The highest BCUT2D eigenvalue weighted by atomic mass is 16.3. The molecule has 0 saturated heterocycles. The first-order valence-corrected chi connectivity index (χ1v) is 8.52. The second-order valence-corrected chi connectivity index (χ2v) is 8.01. The van der Waals surface area contributed by atoms with Crippen LogP contribution in [0.15, 0.2) is 25.3 Å². The Morgan fingerprint density at radius 2 is 1.41 bits per heavy atom. The zero-order chi connectivity index (χ0) is 18.0. The Labute approximate surface area is 139 Å². The molecular formula is C20H40O2. The minimum atomic E-state index is -0.545. The second-order valence-electron chi connectivity index (χ2n) is 8.01. The van der Waals surface area contributed by atoms with Crippen LogP contribution in [-0.2, 0) is 0 Å². The Balaban J connectivity index is 0. The van der Waals surface area contributed by atoms with Gasteiger partial charge in [-0.2, -0.15) is 0 Å². The van der Waals surface area contributed by atoms with Gasteiger partial charge in [-0.1, -0.05) is 39.3 Å². The van der Waals surface area contributed by atoms with E-state index in [1.165, 1.54) is 0 Å². The van der Waals surface area contributed by atoms with Crippen LogP contribution in [-0.4, -0.2) is 21.4 Å². The summed E-state index contributed by atoms with van der Waals surface area (Å²) in [5, 5.41) is 18.9. The van der Waals surface area contributed by atoms with Gasteiger partial charge in [0.15, 0.2) is 0 Å². The summed E-state index contributed by atoms with van der Waals surface area (Å²) in [6.07, 6.45) is 7.83. The Bertz CT molecular complexity index is 294. The summed E-state index contributed by atoms with van der Waals surface area (Å²) < 4.78 is 0. The number of hydrogen-bond donors (Lipinski definition) is 2. The predicted molar refractivity (Wildman–Crippen MR) is 98.9 cm³/mol. The number of aliphatic hydroxyl groups is 2. The fraction of sp³-hybridized carbons (Fsp3) is 0.800. The molecule has 2 heteroatoms. The third kappa shape index (κ3) is 17.5. The lowest BCUT2D eigenvalue weighted by atomic mass is 9.86. The van der Waals surface area contributed by atoms with E-state index in [1.54, 1.807) is 0 Å². The highest BCUT2D eigenvalue weighted by molar-refractivity contribution is 4.82. The molecule has 132 valence electrons. The van der Waals surface area contributed by atoms with Gasteiger partial charge in [-0.15, -0.1) is 13.2 Å². The van der Waals surface area contributed by atoms with Crippen LogP contribution >= 0.6 is 0 Å². The lowest BCUT2D eigenvalue weighted by Gasteiger charge is -2.24. The first-order chi connectivity index (χ1) is 9.82. The SMILES string of the molecule is C=CC(C)C(C)CC(C)(C)O.C=CC(C)CCCC(C)(C)O. The molecule has 2 nitrogen and oxygen atoms in total. The van der Waals surface area contributed by atoms with Crippen molar-refractivity contribution < 1.29 is 10.2 Å². The maximum Gasteiger partial charge on any atom is 0.0594 e. The molecule has 0 aromatic heterocycles. The zero-order valence-corrected chi connectivity index (χ0v) is 16.0. The zero-order valence-electron chi connectivity index (χ0n) is 16.0. The van der Waals surface area contributed by atoms with E-state index >= 15 is 0 Å². The molecule has 0 amide bonds. The van der Waals surface area contributed by atoms with Gasteiger partial charge in [-0.3, -0.25) is 0 Å². The summed E-state index contributed by atoms with van der Waals surface area (Å²) in [6, 6.07) is 0. The van der Waals surface area contributed by atoms with E-state index in [2.05, 4.69) is 33.9 Å². The van der Waals surface area contributed by atoms with Crippen molar-refractivity contribution in [3.05, 3.63) is 25.3 Å². The van der Waals surface area contributed by atoms with Crippen molar-refractivity contribution in [2.45, 2.75) is 85.4 Å². The fourth-order valence-corrected chi connectivity index (χ4v) is 2.18. The van der Waals surface area contributed by atoms with Crippen LogP contribution in [0.5, 0.6) is 0 Å². The lowest BCUT2D eigenvalue weighted by Crippen LogP contribution is -2.24. The van der Waals surface area contributed by atoms with Gasteiger partial charge in [0.25, 0.3) is 0 Å². The minimum Gasteiger partial charge on any atom is -0.390 e. The van der Waals surface area contributed by atoms with Gasteiger partial charge in [-0.25, -0.2) is 0 Å². The number of hydrogen-bond acceptors (Lipinski definition) is 2. The Morgan fingerprint density at radius 1 is 0.909 bits per heavy atom. The third-order valence-corrected chi connectivity index (χ3v) is 3.94. The summed E-state index contributed by atoms with van der Waals surface area (Å²) in [5.74, 6) is 1.58. The summed E-state index contributed by atoms with van der Waals surface area (Å²) >= 11 is 0. The Kier molecular flexibility index (Phi) is 11.8. The molecule has 0 heterocycles. The lowest BCUT2D eigenvalue weighted by molar-refractivity contribution is 0.0498. The minimum absolute atomic E-state index is 0.487. The van der Waals surface area contributed by atoms with Gasteiger partial charge in [0.05, 0.1) is 11.2 Å². The van der Waals surface area contributed by atoms with Crippen LogP contribution in [0, 0.1) is 17.8 Å². The van der Waals surface area contributed by atoms with Gasteiger partial charge in [-0.05, 0) is 64.7 Å². The molecule has 0 aliphatic carbocycles. The molecule has 3 unspecified atom stereocenters. The summed E-state index contributed by atoms with van der Waals surface area (Å²) in [5.41, 5.74) is -1.04. The molecule has 0 bridgehead atoms. The van der Waals surface area contributed by atoms with E-state index in [0.717, 1.165) is 25.7 Å². The standard InChI is InChI=1S/2C10H20O/c1-6-8(2)9(3)7-10(4,5)11;1-5-9(2)7-6-8-10(3,4)11/h6,8-9,11H,1,7H2,2-5H3;5,9,11H,1,6-8H2,2-4H3. The van der Waals surface area contributed by atoms with Gasteiger partial charge in [0.2, 0.25) is 0 Å². The van der Waals surface area contributed by atoms with E-state index in [0.29, 0.717) is 17.8 Å². The highest BCUT2D eigenvalue weighted by Gasteiger charge is 2.19. The van der Waals surface area contributed by atoms with Gasteiger partial charge < -0.3 is 10.2 Å². The fourth-order valence-electron chi connectivity index (χ4n) is 2.18. The van der Waals surface area contributed by atoms with Crippen LogP contribution < -0.4 is 0 Å². The average Bonchev–Trinajstić information content (AvgIpc) is 2.34. The van der Waals surface area contributed by atoms with Gasteiger partial charge in [0.1, 0.15) is 0 Å². The van der Waals surface area contributed by atoms with E-state index in [9.17, 15) is 10.2 Å². The van der Waals surface area contributed by atoms with Gasteiger partial charge >= 0.3 is 0 Å². The molecule has 0 rings (SSSR count). The van der Waals surface area contributed by atoms with Gasteiger partial charge in [0, 0.05) is 0 Å². The van der Waals surface area contributed by atoms with Crippen LogP contribution in [0.2, 0.25) is 0 Å². The molecule has 0 aliphatic heterocycles. The smallest absolute Gasteiger partial charge is 0.0594 e. The molecule has 0 aromatic carbocycles. The molecule has 0 fully saturated rings. The number of allylic oxidation sites excluding steroid dienone is 2. The van der Waals surface area contributed by atoms with Crippen molar-refractivity contribution in [3.63, 3.8) is 0 Å². The highest BCUT2D eigenvalue weighted by Crippen LogP contribution is 2.22. The van der Waals surface area contributed by atoms with Crippen LogP contribution in [0.1, 0.15) is 74.1 Å². The van der Waals surface area contributed by atoms with Crippen LogP contribution in [0.25, 0.3) is 0 Å². The monoisotopic (exact) mass is 312 g/mol. The van der Waals surface area contributed by atoms with Crippen LogP contribution in [0.3, 0.4) is 0 Å².